The normalized spacial score (nSPS) is 13.2. The number of benzene rings is 2. The fourth-order valence-electron chi connectivity index (χ4n) is 1.98. The molecule has 0 bridgehead atoms. The van der Waals surface area contributed by atoms with Crippen LogP contribution in [0.3, 0.4) is 0 Å². The lowest BCUT2D eigenvalue weighted by Gasteiger charge is -2.23. The summed E-state index contributed by atoms with van der Waals surface area (Å²) in [5.41, 5.74) is -0.426. The van der Waals surface area contributed by atoms with Crippen molar-refractivity contribution in [2.45, 2.75) is 18.8 Å². The van der Waals surface area contributed by atoms with Crippen molar-refractivity contribution in [2.75, 3.05) is 0 Å². The first kappa shape index (κ1) is 15.4. The van der Waals surface area contributed by atoms with E-state index >= 15 is 0 Å². The Bertz CT molecular complexity index is 575. The molecule has 0 spiro atoms. The maximum absolute atomic E-state index is 13.6. The minimum absolute atomic E-state index is 0.154. The molecule has 1 nitrogen and oxygen atoms in total. The molecule has 112 valence electrons. The van der Waals surface area contributed by atoms with E-state index in [2.05, 4.69) is 5.32 Å². The molecule has 21 heavy (non-hydrogen) atoms. The van der Waals surface area contributed by atoms with E-state index in [4.69, 9.17) is 0 Å². The van der Waals surface area contributed by atoms with Gasteiger partial charge in [-0.25, -0.2) is 8.78 Å². The van der Waals surface area contributed by atoms with Crippen LogP contribution in [0.2, 0.25) is 0 Å². The predicted molar refractivity (Wildman–Crippen MR) is 68.4 cm³/mol. The smallest absolute Gasteiger partial charge is 0.298 e. The Morgan fingerprint density at radius 1 is 0.857 bits per heavy atom. The average Bonchev–Trinajstić information content (AvgIpc) is 2.42. The van der Waals surface area contributed by atoms with Gasteiger partial charge in [-0.3, -0.25) is 5.32 Å². The molecule has 0 aromatic heterocycles. The lowest BCUT2D eigenvalue weighted by atomic mass is 10.0. The standard InChI is InChI=1S/C15H12F5N/c16-11-7-4-8-12(17)13(11)14(15(18,19)20)21-9-10-5-2-1-3-6-10/h1-8,14,21H,9H2/t14-/m1/s1. The van der Waals surface area contributed by atoms with Crippen LogP contribution in [-0.4, -0.2) is 6.18 Å². The second-order valence-corrected chi connectivity index (χ2v) is 4.48. The van der Waals surface area contributed by atoms with Crippen LogP contribution < -0.4 is 5.32 Å². The molecule has 0 saturated carbocycles. The summed E-state index contributed by atoms with van der Waals surface area (Å²) in [7, 11) is 0. The van der Waals surface area contributed by atoms with Crippen molar-refractivity contribution in [2.24, 2.45) is 0 Å². The molecule has 0 aliphatic heterocycles. The Hall–Kier alpha value is -1.95. The van der Waals surface area contributed by atoms with Gasteiger partial charge in [0.1, 0.15) is 17.7 Å². The average molecular weight is 301 g/mol. The van der Waals surface area contributed by atoms with E-state index in [9.17, 15) is 22.0 Å². The Labute approximate surface area is 118 Å². The molecular weight excluding hydrogens is 289 g/mol. The first-order valence-electron chi connectivity index (χ1n) is 6.17. The summed E-state index contributed by atoms with van der Waals surface area (Å²) in [6.45, 7) is -0.154. The van der Waals surface area contributed by atoms with Crippen molar-refractivity contribution >= 4 is 0 Å². The molecule has 0 unspecified atom stereocenters. The lowest BCUT2D eigenvalue weighted by Crippen LogP contribution is -2.35. The number of halogens is 5. The van der Waals surface area contributed by atoms with E-state index in [0.29, 0.717) is 5.56 Å². The summed E-state index contributed by atoms with van der Waals surface area (Å²) < 4.78 is 66.4. The second kappa shape index (κ2) is 6.22. The molecular formula is C15H12F5N. The van der Waals surface area contributed by atoms with Gasteiger partial charge in [-0.1, -0.05) is 36.4 Å². The second-order valence-electron chi connectivity index (χ2n) is 4.48. The molecule has 1 atom stereocenters. The molecule has 0 saturated heterocycles. The quantitative estimate of drug-likeness (QED) is 0.827. The van der Waals surface area contributed by atoms with E-state index in [1.165, 1.54) is 0 Å². The van der Waals surface area contributed by atoms with E-state index in [1.54, 1.807) is 30.3 Å². The lowest BCUT2D eigenvalue weighted by molar-refractivity contribution is -0.159. The van der Waals surface area contributed by atoms with Gasteiger partial charge in [0.15, 0.2) is 0 Å². The summed E-state index contributed by atoms with van der Waals surface area (Å²) in [4.78, 5) is 0. The van der Waals surface area contributed by atoms with Gasteiger partial charge < -0.3 is 0 Å². The molecule has 0 fully saturated rings. The van der Waals surface area contributed by atoms with Gasteiger partial charge >= 0.3 is 6.18 Å². The van der Waals surface area contributed by atoms with Crippen LogP contribution in [0.5, 0.6) is 0 Å². The predicted octanol–water partition coefficient (Wildman–Crippen LogP) is 4.36. The molecule has 2 rings (SSSR count). The highest BCUT2D eigenvalue weighted by atomic mass is 19.4. The third-order valence-corrected chi connectivity index (χ3v) is 2.97. The highest BCUT2D eigenvalue weighted by molar-refractivity contribution is 5.25. The number of hydrogen-bond donors (Lipinski definition) is 1. The van der Waals surface area contributed by atoms with Crippen LogP contribution in [0.4, 0.5) is 22.0 Å². The van der Waals surface area contributed by atoms with Gasteiger partial charge in [-0.05, 0) is 17.7 Å². The number of rotatable bonds is 4. The zero-order chi connectivity index (χ0) is 15.5. The van der Waals surface area contributed by atoms with Crippen molar-refractivity contribution in [3.63, 3.8) is 0 Å². The van der Waals surface area contributed by atoms with Crippen LogP contribution in [0.1, 0.15) is 17.2 Å². The monoisotopic (exact) mass is 301 g/mol. The topological polar surface area (TPSA) is 12.0 Å². The van der Waals surface area contributed by atoms with Crippen molar-refractivity contribution in [3.8, 4) is 0 Å². The summed E-state index contributed by atoms with van der Waals surface area (Å²) in [6.07, 6.45) is -4.81. The van der Waals surface area contributed by atoms with E-state index in [0.717, 1.165) is 18.2 Å². The third kappa shape index (κ3) is 3.78. The number of alkyl halides is 3. The minimum atomic E-state index is -4.81. The molecule has 6 heteroatoms. The van der Waals surface area contributed by atoms with Gasteiger partial charge in [-0.2, -0.15) is 13.2 Å². The van der Waals surface area contributed by atoms with Crippen molar-refractivity contribution in [1.82, 2.24) is 5.32 Å². The van der Waals surface area contributed by atoms with Crippen molar-refractivity contribution in [1.29, 1.82) is 0 Å². The summed E-state index contributed by atoms with van der Waals surface area (Å²) in [6, 6.07) is 8.55. The molecule has 0 heterocycles. The first-order valence-corrected chi connectivity index (χ1v) is 6.17. The zero-order valence-corrected chi connectivity index (χ0v) is 10.8. The van der Waals surface area contributed by atoms with Gasteiger partial charge in [0.05, 0.1) is 0 Å². The van der Waals surface area contributed by atoms with E-state index in [-0.39, 0.29) is 6.54 Å². The Balaban J connectivity index is 2.28. The minimum Gasteiger partial charge on any atom is -0.298 e. The Morgan fingerprint density at radius 2 is 1.43 bits per heavy atom. The third-order valence-electron chi connectivity index (χ3n) is 2.97. The highest BCUT2D eigenvalue weighted by Gasteiger charge is 2.43. The maximum atomic E-state index is 13.6. The molecule has 2 aromatic rings. The molecule has 2 aromatic carbocycles. The van der Waals surface area contributed by atoms with Gasteiger partial charge in [0.25, 0.3) is 0 Å². The van der Waals surface area contributed by atoms with Crippen LogP contribution in [0, 0.1) is 11.6 Å². The Morgan fingerprint density at radius 3 is 1.95 bits per heavy atom. The first-order chi connectivity index (χ1) is 9.89. The van der Waals surface area contributed by atoms with Crippen LogP contribution in [0.25, 0.3) is 0 Å². The SMILES string of the molecule is Fc1cccc(F)c1[C@@H](NCc1ccccc1)C(F)(F)F. The molecule has 1 N–H and O–H groups in total. The summed E-state index contributed by atoms with van der Waals surface area (Å²) >= 11 is 0. The van der Waals surface area contributed by atoms with Crippen LogP contribution in [-0.2, 0) is 6.54 Å². The van der Waals surface area contributed by atoms with E-state index < -0.39 is 29.4 Å². The molecule has 0 radical (unpaired) electrons. The van der Waals surface area contributed by atoms with Crippen LogP contribution >= 0.6 is 0 Å². The fourth-order valence-corrected chi connectivity index (χ4v) is 1.98. The maximum Gasteiger partial charge on any atom is 0.408 e. The van der Waals surface area contributed by atoms with Gasteiger partial charge in [0.2, 0.25) is 0 Å². The summed E-state index contributed by atoms with van der Waals surface area (Å²) in [5.74, 6) is -2.45. The van der Waals surface area contributed by atoms with Crippen molar-refractivity contribution in [3.05, 3.63) is 71.3 Å². The zero-order valence-electron chi connectivity index (χ0n) is 10.8. The molecule has 0 amide bonds. The molecule has 0 aliphatic carbocycles. The molecule has 0 aliphatic rings. The summed E-state index contributed by atoms with van der Waals surface area (Å²) in [5, 5.41) is 2.17. The Kier molecular flexibility index (Phi) is 4.57. The number of nitrogens with one attached hydrogen (secondary N) is 1. The van der Waals surface area contributed by atoms with Gasteiger partial charge in [-0.15, -0.1) is 0 Å². The number of hydrogen-bond acceptors (Lipinski definition) is 1. The largest absolute Gasteiger partial charge is 0.408 e. The fraction of sp³-hybridized carbons (Fsp3) is 0.200. The van der Waals surface area contributed by atoms with Crippen molar-refractivity contribution < 1.29 is 22.0 Å². The van der Waals surface area contributed by atoms with Crippen LogP contribution in [0.15, 0.2) is 48.5 Å². The van der Waals surface area contributed by atoms with E-state index in [1.807, 2.05) is 0 Å². The van der Waals surface area contributed by atoms with Gasteiger partial charge in [0, 0.05) is 12.1 Å². The highest BCUT2D eigenvalue weighted by Crippen LogP contribution is 2.35.